The molecule has 19 heavy (non-hydrogen) atoms. The van der Waals surface area contributed by atoms with Gasteiger partial charge in [-0.1, -0.05) is 30.3 Å². The van der Waals surface area contributed by atoms with Gasteiger partial charge in [-0.05, 0) is 35.0 Å². The van der Waals surface area contributed by atoms with Crippen LogP contribution in [-0.4, -0.2) is 10.8 Å². The van der Waals surface area contributed by atoms with Crippen LogP contribution in [0.15, 0.2) is 72.0 Å². The predicted octanol–water partition coefficient (Wildman–Crippen LogP) is 3.27. The highest BCUT2D eigenvalue weighted by molar-refractivity contribution is 5.99. The number of nitrogens with two attached hydrogens (primary N) is 1. The Morgan fingerprint density at radius 3 is 2.58 bits per heavy atom. The molecule has 3 nitrogen and oxygen atoms in total. The maximum Gasteiger partial charge on any atom is 0.132 e. The van der Waals surface area contributed by atoms with Crippen LogP contribution >= 0.6 is 0 Å². The topological polar surface area (TPSA) is 51.3 Å². The van der Waals surface area contributed by atoms with Gasteiger partial charge in [0.2, 0.25) is 0 Å². The normalized spacial score (nSPS) is 11.7. The van der Waals surface area contributed by atoms with Crippen LogP contribution in [0.5, 0.6) is 0 Å². The summed E-state index contributed by atoms with van der Waals surface area (Å²) in [5, 5.41) is 2.35. The number of hydrogen-bond donors (Lipinski definition) is 1. The molecule has 0 aliphatic rings. The van der Waals surface area contributed by atoms with Crippen molar-refractivity contribution in [3.05, 3.63) is 72.6 Å². The molecule has 1 aromatic heterocycles. The molecule has 0 spiro atoms. The third-order valence-electron chi connectivity index (χ3n) is 2.94. The largest absolute Gasteiger partial charge is 0.383 e. The van der Waals surface area contributed by atoms with Crippen LogP contribution in [0.25, 0.3) is 10.8 Å². The summed E-state index contributed by atoms with van der Waals surface area (Å²) in [6.07, 6.45) is 3.42. The molecule has 0 amide bonds. The van der Waals surface area contributed by atoms with E-state index >= 15 is 0 Å². The van der Waals surface area contributed by atoms with Gasteiger partial charge in [-0.25, -0.2) is 4.99 Å². The predicted molar refractivity (Wildman–Crippen MR) is 78.6 cm³/mol. The Bertz CT molecular complexity index is 733. The average molecular weight is 247 g/mol. The summed E-state index contributed by atoms with van der Waals surface area (Å²) in [7, 11) is 0. The summed E-state index contributed by atoms with van der Waals surface area (Å²) in [5.41, 5.74) is 7.66. The van der Waals surface area contributed by atoms with Gasteiger partial charge in [-0.3, -0.25) is 4.98 Å². The van der Waals surface area contributed by atoms with Crippen LogP contribution in [0.4, 0.5) is 5.69 Å². The molecule has 0 atom stereocenters. The third kappa shape index (κ3) is 2.45. The zero-order valence-corrected chi connectivity index (χ0v) is 10.3. The van der Waals surface area contributed by atoms with Crippen LogP contribution < -0.4 is 5.73 Å². The molecule has 0 bridgehead atoms. The Hall–Kier alpha value is -2.68. The molecule has 0 aliphatic carbocycles. The van der Waals surface area contributed by atoms with E-state index in [1.54, 1.807) is 12.4 Å². The smallest absolute Gasteiger partial charge is 0.132 e. The van der Waals surface area contributed by atoms with Gasteiger partial charge in [0, 0.05) is 18.0 Å². The fraction of sp³-hybridized carbons (Fsp3) is 0. The van der Waals surface area contributed by atoms with Crippen molar-refractivity contribution >= 4 is 22.3 Å². The maximum atomic E-state index is 5.98. The Morgan fingerprint density at radius 1 is 0.947 bits per heavy atom. The van der Waals surface area contributed by atoms with Crippen molar-refractivity contribution < 1.29 is 0 Å². The van der Waals surface area contributed by atoms with E-state index < -0.39 is 0 Å². The van der Waals surface area contributed by atoms with Gasteiger partial charge in [0.1, 0.15) is 5.84 Å². The first-order valence-corrected chi connectivity index (χ1v) is 6.06. The molecule has 92 valence electrons. The van der Waals surface area contributed by atoms with Gasteiger partial charge in [-0.15, -0.1) is 0 Å². The van der Waals surface area contributed by atoms with Crippen molar-refractivity contribution in [2.45, 2.75) is 0 Å². The molecule has 3 aromatic rings. The second-order valence-electron chi connectivity index (χ2n) is 4.27. The van der Waals surface area contributed by atoms with Gasteiger partial charge in [0.15, 0.2) is 0 Å². The van der Waals surface area contributed by atoms with Gasteiger partial charge in [-0.2, -0.15) is 0 Å². The van der Waals surface area contributed by atoms with E-state index in [4.69, 9.17) is 5.73 Å². The highest BCUT2D eigenvalue weighted by Gasteiger charge is 1.99. The maximum absolute atomic E-state index is 5.98. The summed E-state index contributed by atoms with van der Waals surface area (Å²) in [5.74, 6) is 0.475. The lowest BCUT2D eigenvalue weighted by Crippen LogP contribution is -2.12. The lowest BCUT2D eigenvalue weighted by molar-refractivity contribution is 1.30. The van der Waals surface area contributed by atoms with E-state index in [9.17, 15) is 0 Å². The second-order valence-corrected chi connectivity index (χ2v) is 4.27. The Labute approximate surface area is 111 Å². The molecule has 3 heteroatoms. The molecule has 0 radical (unpaired) electrons. The highest BCUT2D eigenvalue weighted by atomic mass is 14.9. The van der Waals surface area contributed by atoms with Crippen LogP contribution in [0.3, 0.4) is 0 Å². The van der Waals surface area contributed by atoms with E-state index in [2.05, 4.69) is 22.1 Å². The molecule has 0 fully saturated rings. The lowest BCUT2D eigenvalue weighted by Gasteiger charge is -2.02. The van der Waals surface area contributed by atoms with Crippen molar-refractivity contribution in [1.29, 1.82) is 0 Å². The molecule has 1 heterocycles. The molecule has 0 saturated heterocycles. The van der Waals surface area contributed by atoms with Gasteiger partial charge in [0.25, 0.3) is 0 Å². The SMILES string of the molecule is NC(=Nc1ccc2ccccc2c1)c1cccnc1. The number of benzene rings is 2. The zero-order chi connectivity index (χ0) is 13.1. The Morgan fingerprint density at radius 2 is 1.79 bits per heavy atom. The first kappa shape index (κ1) is 11.4. The minimum atomic E-state index is 0.475. The molecule has 0 aliphatic heterocycles. The van der Waals surface area contributed by atoms with Crippen LogP contribution in [0.1, 0.15) is 5.56 Å². The average Bonchev–Trinajstić information content (AvgIpc) is 2.48. The number of fused-ring (bicyclic) bond motifs is 1. The molecule has 0 saturated carbocycles. The Kier molecular flexibility index (Phi) is 2.94. The van der Waals surface area contributed by atoms with E-state index in [0.29, 0.717) is 5.84 Å². The van der Waals surface area contributed by atoms with Crippen molar-refractivity contribution in [2.75, 3.05) is 0 Å². The van der Waals surface area contributed by atoms with Crippen LogP contribution in [0, 0.1) is 0 Å². The van der Waals surface area contributed by atoms with E-state index in [-0.39, 0.29) is 0 Å². The summed E-state index contributed by atoms with van der Waals surface area (Å²) in [6, 6.07) is 18.0. The second kappa shape index (κ2) is 4.90. The Balaban J connectivity index is 2.01. The minimum Gasteiger partial charge on any atom is -0.383 e. The first-order chi connectivity index (χ1) is 9.33. The van der Waals surface area contributed by atoms with E-state index in [1.165, 1.54) is 5.39 Å². The number of pyridine rings is 1. The molecular formula is C16H13N3. The number of rotatable bonds is 2. The van der Waals surface area contributed by atoms with Crippen molar-refractivity contribution in [2.24, 2.45) is 10.7 Å². The standard InChI is InChI=1S/C16H13N3/c17-16(14-6-3-9-18-11-14)19-15-8-7-12-4-1-2-5-13(12)10-15/h1-11H,(H2,17,19). The van der Waals surface area contributed by atoms with E-state index in [1.807, 2.05) is 42.5 Å². The number of hydrogen-bond acceptors (Lipinski definition) is 2. The molecule has 3 rings (SSSR count). The quantitative estimate of drug-likeness (QED) is 0.558. The monoisotopic (exact) mass is 247 g/mol. The minimum absolute atomic E-state index is 0.475. The number of nitrogens with zero attached hydrogens (tertiary/aromatic N) is 2. The molecular weight excluding hydrogens is 234 g/mol. The molecule has 0 unspecified atom stereocenters. The lowest BCUT2D eigenvalue weighted by atomic mass is 10.1. The van der Waals surface area contributed by atoms with Gasteiger partial charge in [0.05, 0.1) is 5.69 Å². The molecule has 2 N–H and O–H groups in total. The van der Waals surface area contributed by atoms with Crippen molar-refractivity contribution in [3.63, 3.8) is 0 Å². The van der Waals surface area contributed by atoms with Crippen LogP contribution in [-0.2, 0) is 0 Å². The number of aliphatic imine (C=N–C) groups is 1. The number of amidine groups is 1. The van der Waals surface area contributed by atoms with E-state index in [0.717, 1.165) is 16.6 Å². The molecule has 2 aromatic carbocycles. The van der Waals surface area contributed by atoms with Crippen LogP contribution in [0.2, 0.25) is 0 Å². The first-order valence-electron chi connectivity index (χ1n) is 6.06. The van der Waals surface area contributed by atoms with Gasteiger partial charge >= 0.3 is 0 Å². The number of aromatic nitrogens is 1. The highest BCUT2D eigenvalue weighted by Crippen LogP contribution is 2.21. The third-order valence-corrected chi connectivity index (χ3v) is 2.94. The summed E-state index contributed by atoms with van der Waals surface area (Å²) in [4.78, 5) is 8.47. The fourth-order valence-electron chi connectivity index (χ4n) is 1.96. The van der Waals surface area contributed by atoms with Gasteiger partial charge < -0.3 is 5.73 Å². The zero-order valence-electron chi connectivity index (χ0n) is 10.3. The fourth-order valence-corrected chi connectivity index (χ4v) is 1.96. The summed E-state index contributed by atoms with van der Waals surface area (Å²) in [6.45, 7) is 0. The van der Waals surface area contributed by atoms with Crippen molar-refractivity contribution in [3.8, 4) is 0 Å². The summed E-state index contributed by atoms with van der Waals surface area (Å²) >= 11 is 0. The summed E-state index contributed by atoms with van der Waals surface area (Å²) < 4.78 is 0. The van der Waals surface area contributed by atoms with Crippen molar-refractivity contribution in [1.82, 2.24) is 4.98 Å².